The molecule has 5 heteroatoms. The third-order valence-corrected chi connectivity index (χ3v) is 4.08. The maximum Gasteiger partial charge on any atom is 0.224 e. The van der Waals surface area contributed by atoms with Crippen LogP contribution in [0.15, 0.2) is 42.6 Å². The summed E-state index contributed by atoms with van der Waals surface area (Å²) in [5.41, 5.74) is 1.85. The molecule has 1 heterocycles. The Balaban J connectivity index is 2.01. The molecule has 0 bridgehead atoms. The van der Waals surface area contributed by atoms with E-state index in [0.29, 0.717) is 11.6 Å². The van der Waals surface area contributed by atoms with Gasteiger partial charge < -0.3 is 10.2 Å². The number of rotatable bonds is 7. The molecule has 0 unspecified atom stereocenters. The lowest BCUT2D eigenvalue weighted by Gasteiger charge is -2.22. The van der Waals surface area contributed by atoms with Crippen molar-refractivity contribution < 1.29 is 4.79 Å². The van der Waals surface area contributed by atoms with Gasteiger partial charge >= 0.3 is 0 Å². The van der Waals surface area contributed by atoms with E-state index >= 15 is 0 Å². The zero-order chi connectivity index (χ0) is 16.7. The lowest BCUT2D eigenvalue weighted by Crippen LogP contribution is -2.28. The summed E-state index contributed by atoms with van der Waals surface area (Å²) in [6, 6.07) is 11.3. The Bertz CT molecular complexity index is 656. The van der Waals surface area contributed by atoms with Gasteiger partial charge in [0.1, 0.15) is 5.82 Å². The molecule has 1 N–H and O–H groups in total. The molecule has 4 nitrogen and oxygen atoms in total. The van der Waals surface area contributed by atoms with Crippen LogP contribution in [0.25, 0.3) is 0 Å². The van der Waals surface area contributed by atoms with Crippen molar-refractivity contribution in [2.24, 2.45) is 0 Å². The summed E-state index contributed by atoms with van der Waals surface area (Å²) in [5.74, 6) is 0.878. The highest BCUT2D eigenvalue weighted by atomic mass is 35.5. The van der Waals surface area contributed by atoms with Crippen LogP contribution < -0.4 is 10.2 Å². The highest BCUT2D eigenvalue weighted by Gasteiger charge is 2.11. The minimum Gasteiger partial charge on any atom is -0.357 e. The fourth-order valence-electron chi connectivity index (χ4n) is 2.45. The van der Waals surface area contributed by atoms with Crippen LogP contribution in [-0.4, -0.2) is 24.0 Å². The summed E-state index contributed by atoms with van der Waals surface area (Å²) < 4.78 is 0. The van der Waals surface area contributed by atoms with E-state index in [4.69, 9.17) is 11.6 Å². The summed E-state index contributed by atoms with van der Waals surface area (Å²) >= 11 is 6.09. The molecule has 0 saturated heterocycles. The minimum atomic E-state index is -0.0487. The predicted molar refractivity (Wildman–Crippen MR) is 94.8 cm³/mol. The molecule has 1 aromatic heterocycles. The van der Waals surface area contributed by atoms with Gasteiger partial charge in [0.2, 0.25) is 5.91 Å². The molecule has 23 heavy (non-hydrogen) atoms. The second-order valence-electron chi connectivity index (χ2n) is 5.20. The number of hydrogen-bond acceptors (Lipinski definition) is 3. The molecule has 0 aliphatic carbocycles. The highest BCUT2D eigenvalue weighted by molar-refractivity contribution is 6.31. The van der Waals surface area contributed by atoms with Gasteiger partial charge in [-0.3, -0.25) is 4.79 Å². The zero-order valence-corrected chi connectivity index (χ0v) is 14.3. The van der Waals surface area contributed by atoms with Crippen molar-refractivity contribution in [3.8, 4) is 0 Å². The normalized spacial score (nSPS) is 10.4. The maximum absolute atomic E-state index is 12.2. The van der Waals surface area contributed by atoms with Crippen LogP contribution in [0.1, 0.15) is 25.0 Å². The van der Waals surface area contributed by atoms with Crippen molar-refractivity contribution in [1.29, 1.82) is 0 Å². The summed E-state index contributed by atoms with van der Waals surface area (Å²) in [6.45, 7) is 6.42. The Morgan fingerprint density at radius 2 is 1.83 bits per heavy atom. The largest absolute Gasteiger partial charge is 0.357 e. The smallest absolute Gasteiger partial charge is 0.224 e. The van der Waals surface area contributed by atoms with Gasteiger partial charge in [-0.25, -0.2) is 4.98 Å². The molecule has 1 amide bonds. The molecule has 0 atom stereocenters. The second kappa shape index (κ2) is 8.53. The van der Waals surface area contributed by atoms with E-state index < -0.39 is 0 Å². The Morgan fingerprint density at radius 1 is 1.13 bits per heavy atom. The predicted octanol–water partition coefficient (Wildman–Crippen LogP) is 3.44. The number of benzene rings is 1. The fraction of sp³-hybridized carbons (Fsp3) is 0.333. The Hall–Kier alpha value is -2.07. The molecule has 2 aromatic rings. The van der Waals surface area contributed by atoms with Crippen LogP contribution in [0, 0.1) is 0 Å². The van der Waals surface area contributed by atoms with E-state index in [-0.39, 0.29) is 12.3 Å². The Labute approximate surface area is 142 Å². The molecular weight excluding hydrogens is 310 g/mol. The molecule has 0 aliphatic rings. The van der Waals surface area contributed by atoms with Gasteiger partial charge in [-0.15, -0.1) is 0 Å². The number of pyridine rings is 1. The van der Waals surface area contributed by atoms with E-state index in [1.54, 1.807) is 12.3 Å². The first-order valence-electron chi connectivity index (χ1n) is 7.84. The van der Waals surface area contributed by atoms with Crippen LogP contribution in [0.4, 0.5) is 5.82 Å². The fourth-order valence-corrected chi connectivity index (χ4v) is 2.65. The van der Waals surface area contributed by atoms with Crippen molar-refractivity contribution in [3.63, 3.8) is 0 Å². The first-order valence-corrected chi connectivity index (χ1v) is 8.22. The molecule has 0 spiro atoms. The molecular formula is C18H22ClN3O. The molecule has 1 aromatic carbocycles. The van der Waals surface area contributed by atoms with Crippen molar-refractivity contribution in [3.05, 3.63) is 58.7 Å². The van der Waals surface area contributed by atoms with Gasteiger partial charge in [0.05, 0.1) is 6.42 Å². The highest BCUT2D eigenvalue weighted by Crippen LogP contribution is 2.17. The van der Waals surface area contributed by atoms with Gasteiger partial charge in [0, 0.05) is 36.4 Å². The number of nitrogens with one attached hydrogen (secondary N) is 1. The van der Waals surface area contributed by atoms with Gasteiger partial charge in [0.15, 0.2) is 0 Å². The maximum atomic E-state index is 12.2. The standard InChI is InChI=1S/C18H22ClN3O/c1-3-22(4-2)18-15(9-7-11-20-18)13-21-17(23)12-14-8-5-6-10-16(14)19/h5-11H,3-4,12-13H2,1-2H3,(H,21,23). The number of hydrogen-bond donors (Lipinski definition) is 1. The van der Waals surface area contributed by atoms with E-state index in [2.05, 4.69) is 29.0 Å². The van der Waals surface area contributed by atoms with Crippen molar-refractivity contribution in [1.82, 2.24) is 10.3 Å². The Morgan fingerprint density at radius 3 is 2.52 bits per heavy atom. The Kier molecular flexibility index (Phi) is 6.41. The SMILES string of the molecule is CCN(CC)c1ncccc1CNC(=O)Cc1ccccc1Cl. The summed E-state index contributed by atoms with van der Waals surface area (Å²) in [5, 5.41) is 3.57. The first kappa shape index (κ1) is 17.3. The van der Waals surface area contributed by atoms with E-state index in [9.17, 15) is 4.79 Å². The molecule has 0 radical (unpaired) electrons. The number of aromatic nitrogens is 1. The summed E-state index contributed by atoms with van der Waals surface area (Å²) in [4.78, 5) is 18.8. The summed E-state index contributed by atoms with van der Waals surface area (Å²) in [6.07, 6.45) is 2.06. The van der Waals surface area contributed by atoms with Gasteiger partial charge in [-0.2, -0.15) is 0 Å². The van der Waals surface area contributed by atoms with Gasteiger partial charge in [0.25, 0.3) is 0 Å². The van der Waals surface area contributed by atoms with Gasteiger partial charge in [-0.1, -0.05) is 35.9 Å². The zero-order valence-electron chi connectivity index (χ0n) is 13.6. The molecule has 122 valence electrons. The lowest BCUT2D eigenvalue weighted by atomic mass is 10.1. The third-order valence-electron chi connectivity index (χ3n) is 3.72. The average Bonchev–Trinajstić information content (AvgIpc) is 2.57. The molecule has 0 saturated carbocycles. The number of anilines is 1. The van der Waals surface area contributed by atoms with Gasteiger partial charge in [-0.05, 0) is 31.5 Å². The third kappa shape index (κ3) is 4.70. The van der Waals surface area contributed by atoms with Crippen LogP contribution in [-0.2, 0) is 17.8 Å². The number of carbonyl (C=O) groups excluding carboxylic acids is 1. The van der Waals surface area contributed by atoms with Crippen molar-refractivity contribution >= 4 is 23.3 Å². The monoisotopic (exact) mass is 331 g/mol. The van der Waals surface area contributed by atoms with E-state index in [1.807, 2.05) is 30.3 Å². The lowest BCUT2D eigenvalue weighted by molar-refractivity contribution is -0.120. The van der Waals surface area contributed by atoms with Crippen LogP contribution in [0.3, 0.4) is 0 Å². The molecule has 2 rings (SSSR count). The van der Waals surface area contributed by atoms with Crippen LogP contribution in [0.2, 0.25) is 5.02 Å². The second-order valence-corrected chi connectivity index (χ2v) is 5.61. The van der Waals surface area contributed by atoms with Crippen LogP contribution >= 0.6 is 11.6 Å². The minimum absolute atomic E-state index is 0.0487. The first-order chi connectivity index (χ1) is 11.2. The van der Waals surface area contributed by atoms with Crippen molar-refractivity contribution in [2.45, 2.75) is 26.8 Å². The van der Waals surface area contributed by atoms with Crippen LogP contribution in [0.5, 0.6) is 0 Å². The van der Waals surface area contributed by atoms with Crippen molar-refractivity contribution in [2.75, 3.05) is 18.0 Å². The average molecular weight is 332 g/mol. The number of carbonyl (C=O) groups is 1. The summed E-state index contributed by atoms with van der Waals surface area (Å²) in [7, 11) is 0. The van der Waals surface area contributed by atoms with E-state index in [0.717, 1.165) is 30.0 Å². The number of amides is 1. The number of halogens is 1. The quantitative estimate of drug-likeness (QED) is 0.845. The molecule has 0 fully saturated rings. The topological polar surface area (TPSA) is 45.2 Å². The number of nitrogens with zero attached hydrogens (tertiary/aromatic N) is 2. The molecule has 0 aliphatic heterocycles. The van der Waals surface area contributed by atoms with E-state index in [1.165, 1.54) is 0 Å².